The minimum Gasteiger partial charge on any atom is -0.339 e. The molecule has 100 valence electrons. The molecule has 0 aromatic rings. The maximum atomic E-state index is 12.4. The van der Waals surface area contributed by atoms with Gasteiger partial charge in [-0.05, 0) is 38.8 Å². The number of carbonyl (C=O) groups is 1. The van der Waals surface area contributed by atoms with Gasteiger partial charge in [-0.1, -0.05) is 27.2 Å². The van der Waals surface area contributed by atoms with Crippen LogP contribution >= 0.6 is 0 Å². The van der Waals surface area contributed by atoms with E-state index >= 15 is 0 Å². The summed E-state index contributed by atoms with van der Waals surface area (Å²) in [6.45, 7) is 9.43. The topological polar surface area (TPSA) is 32.3 Å². The first-order valence-electron chi connectivity index (χ1n) is 7.21. The molecular weight excluding hydrogens is 212 g/mol. The van der Waals surface area contributed by atoms with Crippen molar-refractivity contribution in [1.82, 2.24) is 10.2 Å². The second-order valence-electron chi connectivity index (χ2n) is 5.20. The smallest absolute Gasteiger partial charge is 0.225 e. The van der Waals surface area contributed by atoms with Crippen molar-refractivity contribution in [2.75, 3.05) is 19.6 Å². The summed E-state index contributed by atoms with van der Waals surface area (Å²) in [7, 11) is 0. The van der Waals surface area contributed by atoms with Gasteiger partial charge in [0.25, 0.3) is 0 Å². The average Bonchev–Trinajstić information content (AvgIpc) is 2.36. The predicted octanol–water partition coefficient (Wildman–Crippen LogP) is 2.41. The molecule has 1 atom stereocenters. The molecule has 0 aromatic heterocycles. The first kappa shape index (κ1) is 14.5. The molecule has 0 spiro atoms. The van der Waals surface area contributed by atoms with Crippen LogP contribution in [-0.4, -0.2) is 36.5 Å². The van der Waals surface area contributed by atoms with Crippen molar-refractivity contribution in [2.45, 2.75) is 58.9 Å². The number of hydrogen-bond acceptors (Lipinski definition) is 2. The van der Waals surface area contributed by atoms with E-state index in [-0.39, 0.29) is 5.92 Å². The molecule has 1 aliphatic rings. The molecule has 17 heavy (non-hydrogen) atoms. The summed E-state index contributed by atoms with van der Waals surface area (Å²) in [5, 5.41) is 3.37. The SMILES string of the molecule is CCCC(C)C(=O)N(CCC)C1CCNCC1. The molecule has 1 saturated heterocycles. The van der Waals surface area contributed by atoms with Crippen LogP contribution in [0.25, 0.3) is 0 Å². The number of nitrogens with one attached hydrogen (secondary N) is 1. The standard InChI is InChI=1S/C14H28N2O/c1-4-6-12(3)14(17)16(11-5-2)13-7-9-15-10-8-13/h12-13,15H,4-11H2,1-3H3. The number of carbonyl (C=O) groups excluding carboxylic acids is 1. The number of amides is 1. The molecule has 0 bridgehead atoms. The van der Waals surface area contributed by atoms with Gasteiger partial charge in [0.2, 0.25) is 5.91 Å². The summed E-state index contributed by atoms with van der Waals surface area (Å²) in [5.41, 5.74) is 0. The maximum absolute atomic E-state index is 12.4. The first-order chi connectivity index (χ1) is 8.20. The summed E-state index contributed by atoms with van der Waals surface area (Å²) in [4.78, 5) is 14.6. The highest BCUT2D eigenvalue weighted by atomic mass is 16.2. The summed E-state index contributed by atoms with van der Waals surface area (Å²) in [6, 6.07) is 0.475. The number of rotatable bonds is 6. The quantitative estimate of drug-likeness (QED) is 0.773. The average molecular weight is 240 g/mol. The van der Waals surface area contributed by atoms with Gasteiger partial charge in [-0.2, -0.15) is 0 Å². The molecule has 1 amide bonds. The molecule has 0 aliphatic carbocycles. The minimum absolute atomic E-state index is 0.196. The number of hydrogen-bond donors (Lipinski definition) is 1. The first-order valence-corrected chi connectivity index (χ1v) is 7.21. The molecule has 0 aromatic carbocycles. The molecule has 1 heterocycles. The van der Waals surface area contributed by atoms with E-state index < -0.39 is 0 Å². The summed E-state index contributed by atoms with van der Waals surface area (Å²) >= 11 is 0. The summed E-state index contributed by atoms with van der Waals surface area (Å²) in [5.74, 6) is 0.571. The fourth-order valence-electron chi connectivity index (χ4n) is 2.67. The lowest BCUT2D eigenvalue weighted by atomic mass is 9.99. The molecule has 0 radical (unpaired) electrons. The van der Waals surface area contributed by atoms with Crippen LogP contribution in [0.4, 0.5) is 0 Å². The fourth-order valence-corrected chi connectivity index (χ4v) is 2.67. The number of nitrogens with zero attached hydrogens (tertiary/aromatic N) is 1. The van der Waals surface area contributed by atoms with Gasteiger partial charge in [-0.3, -0.25) is 4.79 Å². The Bertz CT molecular complexity index is 224. The molecule has 0 saturated carbocycles. The van der Waals surface area contributed by atoms with Crippen molar-refractivity contribution in [2.24, 2.45) is 5.92 Å². The van der Waals surface area contributed by atoms with Gasteiger partial charge in [0.1, 0.15) is 0 Å². The van der Waals surface area contributed by atoms with Crippen LogP contribution in [-0.2, 0) is 4.79 Å². The molecule has 1 aliphatic heterocycles. The monoisotopic (exact) mass is 240 g/mol. The van der Waals surface area contributed by atoms with Gasteiger partial charge in [-0.15, -0.1) is 0 Å². The van der Waals surface area contributed by atoms with Gasteiger partial charge in [-0.25, -0.2) is 0 Å². The Balaban J connectivity index is 2.59. The van der Waals surface area contributed by atoms with Crippen LogP contribution in [0.2, 0.25) is 0 Å². The van der Waals surface area contributed by atoms with E-state index in [9.17, 15) is 4.79 Å². The molecular formula is C14H28N2O. The predicted molar refractivity (Wildman–Crippen MR) is 72.0 cm³/mol. The minimum atomic E-state index is 0.196. The van der Waals surface area contributed by atoms with Gasteiger partial charge < -0.3 is 10.2 Å². The van der Waals surface area contributed by atoms with Crippen molar-refractivity contribution in [1.29, 1.82) is 0 Å². The third-order valence-electron chi connectivity index (χ3n) is 3.64. The van der Waals surface area contributed by atoms with E-state index in [4.69, 9.17) is 0 Å². The van der Waals surface area contributed by atoms with Crippen LogP contribution in [0.3, 0.4) is 0 Å². The van der Waals surface area contributed by atoms with Crippen molar-refractivity contribution in [3.8, 4) is 0 Å². The van der Waals surface area contributed by atoms with Gasteiger partial charge in [0.05, 0.1) is 0 Å². The normalized spacial score (nSPS) is 19.0. The Hall–Kier alpha value is -0.570. The van der Waals surface area contributed by atoms with E-state index in [1.165, 1.54) is 0 Å². The van der Waals surface area contributed by atoms with Crippen LogP contribution in [0, 0.1) is 5.92 Å². The lowest BCUT2D eigenvalue weighted by Crippen LogP contribution is -2.48. The fraction of sp³-hybridized carbons (Fsp3) is 0.929. The largest absolute Gasteiger partial charge is 0.339 e. The van der Waals surface area contributed by atoms with Crippen LogP contribution in [0.15, 0.2) is 0 Å². The third-order valence-corrected chi connectivity index (χ3v) is 3.64. The van der Waals surface area contributed by atoms with Crippen molar-refractivity contribution in [3.63, 3.8) is 0 Å². The Morgan fingerprint density at radius 3 is 2.47 bits per heavy atom. The molecule has 1 N–H and O–H groups in total. The van der Waals surface area contributed by atoms with Gasteiger partial charge >= 0.3 is 0 Å². The molecule has 3 heteroatoms. The number of piperidine rings is 1. The molecule has 3 nitrogen and oxygen atoms in total. The summed E-state index contributed by atoms with van der Waals surface area (Å²) in [6.07, 6.45) is 5.41. The maximum Gasteiger partial charge on any atom is 0.225 e. The molecule has 1 unspecified atom stereocenters. The third kappa shape index (κ3) is 4.30. The van der Waals surface area contributed by atoms with Crippen LogP contribution in [0.5, 0.6) is 0 Å². The second-order valence-corrected chi connectivity index (χ2v) is 5.20. The van der Waals surface area contributed by atoms with Crippen molar-refractivity contribution >= 4 is 5.91 Å². The highest BCUT2D eigenvalue weighted by Gasteiger charge is 2.27. The Morgan fingerprint density at radius 2 is 1.94 bits per heavy atom. The molecule has 1 rings (SSSR count). The van der Waals surface area contributed by atoms with E-state index in [0.717, 1.165) is 51.7 Å². The highest BCUT2D eigenvalue weighted by Crippen LogP contribution is 2.18. The van der Waals surface area contributed by atoms with Crippen molar-refractivity contribution < 1.29 is 4.79 Å². The van der Waals surface area contributed by atoms with Gasteiger partial charge in [0, 0.05) is 18.5 Å². The molecule has 1 fully saturated rings. The Morgan fingerprint density at radius 1 is 1.29 bits per heavy atom. The summed E-state index contributed by atoms with van der Waals surface area (Å²) < 4.78 is 0. The lowest BCUT2D eigenvalue weighted by Gasteiger charge is -2.36. The lowest BCUT2D eigenvalue weighted by molar-refractivity contribution is -0.138. The Kier molecular flexibility index (Phi) is 6.56. The van der Waals surface area contributed by atoms with E-state index in [1.54, 1.807) is 0 Å². The Labute approximate surface area is 106 Å². The van der Waals surface area contributed by atoms with E-state index in [0.29, 0.717) is 11.9 Å². The van der Waals surface area contributed by atoms with E-state index in [1.807, 2.05) is 0 Å². The van der Waals surface area contributed by atoms with Crippen LogP contribution < -0.4 is 5.32 Å². The zero-order valence-corrected chi connectivity index (χ0v) is 11.7. The second kappa shape index (κ2) is 7.70. The highest BCUT2D eigenvalue weighted by molar-refractivity contribution is 5.78. The zero-order chi connectivity index (χ0) is 12.7. The van der Waals surface area contributed by atoms with Gasteiger partial charge in [0.15, 0.2) is 0 Å². The van der Waals surface area contributed by atoms with Crippen molar-refractivity contribution in [3.05, 3.63) is 0 Å². The van der Waals surface area contributed by atoms with E-state index in [2.05, 4.69) is 31.0 Å². The van der Waals surface area contributed by atoms with Crippen LogP contribution in [0.1, 0.15) is 52.9 Å². The zero-order valence-electron chi connectivity index (χ0n) is 11.7.